The van der Waals surface area contributed by atoms with Crippen LogP contribution < -0.4 is 5.32 Å². The molecule has 0 spiro atoms. The van der Waals surface area contributed by atoms with Crippen LogP contribution in [0.4, 0.5) is 0 Å². The average molecular weight is 341 g/mol. The predicted octanol–water partition coefficient (Wildman–Crippen LogP) is 2.81. The molecule has 0 aliphatic rings. The van der Waals surface area contributed by atoms with Crippen molar-refractivity contribution in [3.05, 3.63) is 71.9 Å². The number of benzene rings is 2. The van der Waals surface area contributed by atoms with Gasteiger partial charge in [-0.15, -0.1) is 0 Å². The molecule has 0 bridgehead atoms. The van der Waals surface area contributed by atoms with Gasteiger partial charge in [-0.25, -0.2) is 0 Å². The Morgan fingerprint density at radius 1 is 1.04 bits per heavy atom. The lowest BCUT2D eigenvalue weighted by Gasteiger charge is -2.09. The Kier molecular flexibility index (Phi) is 4.51. The maximum absolute atomic E-state index is 13.0. The Labute approximate surface area is 142 Å². The first kappa shape index (κ1) is 16.4. The summed E-state index contributed by atoms with van der Waals surface area (Å²) in [5, 5.41) is 7.32. The van der Waals surface area contributed by atoms with Crippen LogP contribution in [0.15, 0.2) is 65.6 Å². The zero-order chi connectivity index (χ0) is 17.2. The Bertz CT molecular complexity index is 930. The van der Waals surface area contributed by atoms with E-state index in [-0.39, 0.29) is 4.90 Å². The molecular weight excluding hydrogens is 322 g/mol. The number of hydrogen-bond donors (Lipinski definition) is 1. The SMILES string of the molecule is CNCc1cc(-c2ccccc2)n(S(=O)(=O)c2ccc(C)cc2)n1. The lowest BCUT2D eigenvalue weighted by atomic mass is 10.1. The molecule has 2 aromatic carbocycles. The third-order valence-electron chi connectivity index (χ3n) is 3.70. The third-order valence-corrected chi connectivity index (χ3v) is 5.30. The Morgan fingerprint density at radius 3 is 2.33 bits per heavy atom. The average Bonchev–Trinajstić information content (AvgIpc) is 3.01. The molecule has 0 saturated carbocycles. The molecule has 124 valence electrons. The van der Waals surface area contributed by atoms with Crippen LogP contribution in [-0.4, -0.2) is 24.7 Å². The van der Waals surface area contributed by atoms with Gasteiger partial charge in [-0.1, -0.05) is 48.0 Å². The van der Waals surface area contributed by atoms with Crippen molar-refractivity contribution < 1.29 is 8.42 Å². The minimum absolute atomic E-state index is 0.226. The predicted molar refractivity (Wildman–Crippen MR) is 94.2 cm³/mol. The van der Waals surface area contributed by atoms with Crippen LogP contribution in [0.2, 0.25) is 0 Å². The van der Waals surface area contributed by atoms with Crippen molar-refractivity contribution in [2.45, 2.75) is 18.4 Å². The zero-order valence-electron chi connectivity index (χ0n) is 13.6. The molecule has 0 atom stereocenters. The Hall–Kier alpha value is -2.44. The lowest BCUT2D eigenvalue weighted by Crippen LogP contribution is -2.16. The first-order chi connectivity index (χ1) is 11.5. The van der Waals surface area contributed by atoms with Gasteiger partial charge in [0.05, 0.1) is 16.3 Å². The molecule has 1 aromatic heterocycles. The minimum atomic E-state index is -3.75. The highest BCUT2D eigenvalue weighted by Gasteiger charge is 2.23. The van der Waals surface area contributed by atoms with Crippen molar-refractivity contribution in [3.8, 4) is 11.3 Å². The number of hydrogen-bond acceptors (Lipinski definition) is 4. The summed E-state index contributed by atoms with van der Waals surface area (Å²) in [5.41, 5.74) is 3.05. The van der Waals surface area contributed by atoms with Crippen LogP contribution in [0.25, 0.3) is 11.3 Å². The summed E-state index contributed by atoms with van der Waals surface area (Å²) < 4.78 is 27.2. The van der Waals surface area contributed by atoms with Gasteiger partial charge in [0.1, 0.15) is 0 Å². The van der Waals surface area contributed by atoms with Crippen LogP contribution in [0.1, 0.15) is 11.3 Å². The monoisotopic (exact) mass is 341 g/mol. The van der Waals surface area contributed by atoms with Crippen LogP contribution in [0, 0.1) is 6.92 Å². The summed E-state index contributed by atoms with van der Waals surface area (Å²) in [6.07, 6.45) is 0. The van der Waals surface area contributed by atoms with E-state index in [2.05, 4.69) is 10.4 Å². The standard InChI is InChI=1S/C18H19N3O2S/c1-14-8-10-17(11-9-14)24(22,23)21-18(12-16(20-21)13-19-2)15-6-4-3-5-7-15/h3-12,19H,13H2,1-2H3. The van der Waals surface area contributed by atoms with Gasteiger partial charge in [-0.3, -0.25) is 0 Å². The first-order valence-electron chi connectivity index (χ1n) is 7.63. The van der Waals surface area contributed by atoms with Crippen molar-refractivity contribution in [2.75, 3.05) is 7.05 Å². The van der Waals surface area contributed by atoms with E-state index in [9.17, 15) is 8.42 Å². The highest BCUT2D eigenvalue weighted by molar-refractivity contribution is 7.90. The molecule has 3 rings (SSSR count). The van der Waals surface area contributed by atoms with E-state index < -0.39 is 10.0 Å². The largest absolute Gasteiger partial charge is 0.314 e. The number of nitrogens with zero attached hydrogens (tertiary/aromatic N) is 2. The van der Waals surface area contributed by atoms with E-state index in [1.165, 1.54) is 0 Å². The second-order valence-corrected chi connectivity index (χ2v) is 7.35. The molecule has 24 heavy (non-hydrogen) atoms. The smallest absolute Gasteiger partial charge is 0.283 e. The molecular formula is C18H19N3O2S. The topological polar surface area (TPSA) is 64.0 Å². The van der Waals surface area contributed by atoms with E-state index in [1.54, 1.807) is 37.4 Å². The van der Waals surface area contributed by atoms with Crippen molar-refractivity contribution in [1.82, 2.24) is 14.5 Å². The van der Waals surface area contributed by atoms with Crippen LogP contribution in [0.5, 0.6) is 0 Å². The quantitative estimate of drug-likeness (QED) is 0.775. The van der Waals surface area contributed by atoms with E-state index in [4.69, 9.17) is 0 Å². The van der Waals surface area contributed by atoms with Gasteiger partial charge < -0.3 is 5.32 Å². The number of aromatic nitrogens is 2. The van der Waals surface area contributed by atoms with Gasteiger partial charge in [-0.05, 0) is 32.2 Å². The highest BCUT2D eigenvalue weighted by atomic mass is 32.2. The molecule has 6 heteroatoms. The molecule has 0 saturated heterocycles. The fourth-order valence-corrected chi connectivity index (χ4v) is 3.79. The molecule has 3 aromatic rings. The lowest BCUT2D eigenvalue weighted by molar-refractivity contribution is 0.579. The minimum Gasteiger partial charge on any atom is -0.314 e. The summed E-state index contributed by atoms with van der Waals surface area (Å²) in [7, 11) is -1.95. The van der Waals surface area contributed by atoms with E-state index >= 15 is 0 Å². The van der Waals surface area contributed by atoms with Gasteiger partial charge in [0.25, 0.3) is 10.0 Å². The third kappa shape index (κ3) is 3.11. The number of nitrogens with one attached hydrogen (secondary N) is 1. The molecule has 0 amide bonds. The number of aryl methyl sites for hydroxylation is 1. The van der Waals surface area contributed by atoms with Gasteiger partial charge in [0.15, 0.2) is 0 Å². The van der Waals surface area contributed by atoms with E-state index in [1.807, 2.05) is 37.3 Å². The Morgan fingerprint density at radius 2 is 1.71 bits per heavy atom. The van der Waals surface area contributed by atoms with Crippen LogP contribution in [-0.2, 0) is 16.6 Å². The summed E-state index contributed by atoms with van der Waals surface area (Å²) in [4.78, 5) is 0.226. The second-order valence-electron chi connectivity index (χ2n) is 5.58. The van der Waals surface area contributed by atoms with Crippen molar-refractivity contribution in [2.24, 2.45) is 0 Å². The maximum atomic E-state index is 13.0. The number of rotatable bonds is 5. The van der Waals surface area contributed by atoms with E-state index in [0.29, 0.717) is 17.9 Å². The molecule has 0 aliphatic carbocycles. The molecule has 0 fully saturated rings. The normalized spacial score (nSPS) is 11.6. The second kappa shape index (κ2) is 6.59. The summed E-state index contributed by atoms with van der Waals surface area (Å²) in [5.74, 6) is 0. The molecule has 5 nitrogen and oxygen atoms in total. The van der Waals surface area contributed by atoms with Crippen molar-refractivity contribution in [3.63, 3.8) is 0 Å². The zero-order valence-corrected chi connectivity index (χ0v) is 14.4. The van der Waals surface area contributed by atoms with Gasteiger partial charge in [0, 0.05) is 12.1 Å². The van der Waals surface area contributed by atoms with Gasteiger partial charge in [0.2, 0.25) is 0 Å². The summed E-state index contributed by atoms with van der Waals surface area (Å²) in [6.45, 7) is 2.42. The van der Waals surface area contributed by atoms with Crippen LogP contribution >= 0.6 is 0 Å². The maximum Gasteiger partial charge on any atom is 0.283 e. The molecule has 0 unspecified atom stereocenters. The fraction of sp³-hybridized carbons (Fsp3) is 0.167. The molecule has 0 radical (unpaired) electrons. The fourth-order valence-electron chi connectivity index (χ4n) is 2.48. The van der Waals surface area contributed by atoms with Crippen molar-refractivity contribution >= 4 is 10.0 Å². The summed E-state index contributed by atoms with van der Waals surface area (Å²) in [6, 6.07) is 18.0. The molecule has 1 N–H and O–H groups in total. The first-order valence-corrected chi connectivity index (χ1v) is 9.07. The van der Waals surface area contributed by atoms with Gasteiger partial charge >= 0.3 is 0 Å². The highest BCUT2D eigenvalue weighted by Crippen LogP contribution is 2.25. The van der Waals surface area contributed by atoms with Crippen molar-refractivity contribution in [1.29, 1.82) is 0 Å². The molecule has 0 aliphatic heterocycles. The molecule has 1 heterocycles. The summed E-state index contributed by atoms with van der Waals surface area (Å²) >= 11 is 0. The van der Waals surface area contributed by atoms with Crippen LogP contribution in [0.3, 0.4) is 0 Å². The Balaban J connectivity index is 2.17. The van der Waals surface area contributed by atoms with E-state index in [0.717, 1.165) is 15.2 Å². The van der Waals surface area contributed by atoms with Gasteiger partial charge in [-0.2, -0.15) is 17.6 Å².